The van der Waals surface area contributed by atoms with Gasteiger partial charge >= 0.3 is 5.97 Å². The van der Waals surface area contributed by atoms with E-state index in [1.54, 1.807) is 13.3 Å². The summed E-state index contributed by atoms with van der Waals surface area (Å²) in [5.41, 5.74) is 6.64. The lowest BCUT2D eigenvalue weighted by molar-refractivity contribution is -0.141. The Labute approximate surface area is 295 Å². The Morgan fingerprint density at radius 3 is 2.60 bits per heavy atom. The first-order valence-corrected chi connectivity index (χ1v) is 17.7. The third-order valence-electron chi connectivity index (χ3n) is 11.1. The van der Waals surface area contributed by atoms with Crippen LogP contribution in [0.5, 0.6) is 17.2 Å². The van der Waals surface area contributed by atoms with Gasteiger partial charge in [0.1, 0.15) is 29.5 Å². The molecule has 1 aromatic heterocycles. The van der Waals surface area contributed by atoms with Gasteiger partial charge in [-0.05, 0) is 124 Å². The fourth-order valence-corrected chi connectivity index (χ4v) is 8.12. The molecule has 8 heteroatoms. The summed E-state index contributed by atoms with van der Waals surface area (Å²) in [5, 5.41) is 21.3. The maximum absolute atomic E-state index is 11.2. The Morgan fingerprint density at radius 2 is 1.92 bits per heavy atom. The van der Waals surface area contributed by atoms with E-state index in [0.29, 0.717) is 24.9 Å². The number of hydrogen-bond acceptors (Lipinski definition) is 7. The van der Waals surface area contributed by atoms with E-state index in [2.05, 4.69) is 41.6 Å². The second-order valence-corrected chi connectivity index (χ2v) is 14.4. The van der Waals surface area contributed by atoms with E-state index in [1.165, 1.54) is 6.42 Å². The number of nitrogens with zero attached hydrogens (tertiary/aromatic N) is 2. The molecule has 3 saturated heterocycles. The fourth-order valence-electron chi connectivity index (χ4n) is 8.12. The van der Waals surface area contributed by atoms with Crippen LogP contribution in [0.1, 0.15) is 72.1 Å². The molecule has 2 N–H and O–H groups in total. The van der Waals surface area contributed by atoms with Crippen molar-refractivity contribution in [3.63, 3.8) is 0 Å². The van der Waals surface area contributed by atoms with Gasteiger partial charge in [-0.3, -0.25) is 14.7 Å². The highest BCUT2D eigenvalue weighted by molar-refractivity contribution is 5.84. The lowest BCUT2D eigenvalue weighted by atomic mass is 9.73. The van der Waals surface area contributed by atoms with Crippen molar-refractivity contribution in [2.24, 2.45) is 11.8 Å². The summed E-state index contributed by atoms with van der Waals surface area (Å²) in [6.45, 7) is 14.6. The average molecular weight is 679 g/mol. The first-order valence-electron chi connectivity index (χ1n) is 17.7. The van der Waals surface area contributed by atoms with Crippen molar-refractivity contribution in [1.82, 2.24) is 9.88 Å². The van der Waals surface area contributed by atoms with Crippen LogP contribution < -0.4 is 14.2 Å². The van der Waals surface area contributed by atoms with Gasteiger partial charge in [0.2, 0.25) is 0 Å². The molecule has 5 heterocycles. The molecule has 0 amide bonds. The van der Waals surface area contributed by atoms with Crippen LogP contribution in [0.3, 0.4) is 0 Å². The van der Waals surface area contributed by atoms with Crippen LogP contribution >= 0.6 is 0 Å². The average Bonchev–Trinajstić information content (AvgIpc) is 3.13. The molecule has 3 fully saturated rings. The van der Waals surface area contributed by atoms with E-state index in [-0.39, 0.29) is 12.5 Å². The normalized spacial score (nSPS) is 24.3. The number of rotatable bonds is 9. The van der Waals surface area contributed by atoms with Crippen molar-refractivity contribution in [2.75, 3.05) is 20.2 Å². The number of aliphatic carboxylic acids is 1. The number of pyridine rings is 1. The van der Waals surface area contributed by atoms with Crippen molar-refractivity contribution in [3.8, 4) is 17.2 Å². The highest BCUT2D eigenvalue weighted by Gasteiger charge is 2.42. The van der Waals surface area contributed by atoms with Gasteiger partial charge in [-0.2, -0.15) is 0 Å². The Balaban J connectivity index is 0.000000173. The van der Waals surface area contributed by atoms with E-state index in [4.69, 9.17) is 14.2 Å². The Hall–Kier alpha value is -4.40. The second-order valence-electron chi connectivity index (χ2n) is 14.4. The molecule has 0 radical (unpaired) electrons. The van der Waals surface area contributed by atoms with E-state index in [0.717, 1.165) is 87.5 Å². The van der Waals surface area contributed by atoms with Crippen molar-refractivity contribution < 1.29 is 29.2 Å². The van der Waals surface area contributed by atoms with Gasteiger partial charge in [-0.25, -0.2) is 0 Å². The lowest BCUT2D eigenvalue weighted by Crippen LogP contribution is -2.54. The number of carbonyl (C=O) groups is 1. The SMILES string of the molecule is C=C[C@H]1CN2CC[C@H]1C[C@H]2[C@H](O)c1ccnc2ccc(OC)cc12.Cc1c(C)c2c(c(C)c1OCc1ccccc1)CC[C@@](C)(CC(=O)O)O2. The number of piperidine rings is 3. The molecule has 2 bridgehead atoms. The molecule has 4 aromatic rings. The third-order valence-corrected chi connectivity index (χ3v) is 11.1. The van der Waals surface area contributed by atoms with Crippen LogP contribution in [0.2, 0.25) is 0 Å². The van der Waals surface area contributed by atoms with Gasteiger partial charge in [0.25, 0.3) is 0 Å². The van der Waals surface area contributed by atoms with Crippen molar-refractivity contribution in [1.29, 1.82) is 0 Å². The topological polar surface area (TPSA) is 101 Å². The number of carboxylic acids is 1. The first kappa shape index (κ1) is 35.4. The van der Waals surface area contributed by atoms with Crippen molar-refractivity contribution >= 4 is 16.9 Å². The molecule has 4 aliphatic heterocycles. The molecule has 1 unspecified atom stereocenters. The summed E-state index contributed by atoms with van der Waals surface area (Å²) >= 11 is 0. The molecule has 8 rings (SSSR count). The molecular formula is C42H50N2O6. The maximum Gasteiger partial charge on any atom is 0.307 e. The Kier molecular flexibility index (Phi) is 10.5. The van der Waals surface area contributed by atoms with Gasteiger partial charge in [0.05, 0.1) is 25.2 Å². The van der Waals surface area contributed by atoms with Crippen LogP contribution in [0.15, 0.2) is 73.4 Å². The molecule has 0 spiro atoms. The summed E-state index contributed by atoms with van der Waals surface area (Å²) in [4.78, 5) is 18.0. The zero-order valence-electron chi connectivity index (χ0n) is 29.9. The van der Waals surface area contributed by atoms with Gasteiger partial charge in [0.15, 0.2) is 0 Å². The fraction of sp³-hybridized carbons (Fsp3) is 0.429. The van der Waals surface area contributed by atoms with E-state index in [1.807, 2.05) is 63.2 Å². The van der Waals surface area contributed by atoms with E-state index in [9.17, 15) is 15.0 Å². The largest absolute Gasteiger partial charge is 0.497 e. The standard InChI is InChI=1S/C22H26O4.C20H24N2O2/c1-14-15(2)21-18(10-11-22(4,26-21)12-19(23)24)16(3)20(14)25-13-17-8-6-5-7-9-17;1-3-13-12-22-9-7-14(13)10-19(22)20(23)16-6-8-21-18-5-4-15(24-2)11-17(16)18/h5-9H,10-13H2,1-4H3,(H,23,24);3-6,8,11,13-14,19-20,23H,1,7,9-10,12H2,2H3/t22-;13-,14-,19-,20+/m00/s1. The number of ether oxygens (including phenoxy) is 3. The minimum Gasteiger partial charge on any atom is -0.497 e. The van der Waals surface area contributed by atoms with Crippen LogP contribution in [-0.2, 0) is 17.8 Å². The summed E-state index contributed by atoms with van der Waals surface area (Å²) in [6.07, 6.45) is 7.12. The number of aliphatic hydroxyl groups excluding tert-OH is 1. The Bertz CT molecular complexity index is 1860. The number of aromatic nitrogens is 1. The van der Waals surface area contributed by atoms with Crippen molar-refractivity contribution in [3.05, 3.63) is 107 Å². The Morgan fingerprint density at radius 1 is 1.14 bits per heavy atom. The summed E-state index contributed by atoms with van der Waals surface area (Å²) in [5.74, 6) is 2.93. The van der Waals surface area contributed by atoms with Crippen LogP contribution in [0.25, 0.3) is 10.9 Å². The lowest BCUT2D eigenvalue weighted by Gasteiger charge is -2.50. The molecule has 264 valence electrons. The second kappa shape index (κ2) is 14.8. The smallest absolute Gasteiger partial charge is 0.307 e. The number of fused-ring (bicyclic) bond motifs is 5. The minimum atomic E-state index is -0.829. The highest BCUT2D eigenvalue weighted by Crippen LogP contribution is 2.45. The van der Waals surface area contributed by atoms with Crippen LogP contribution in [0, 0.1) is 32.6 Å². The maximum atomic E-state index is 11.2. The zero-order valence-corrected chi connectivity index (χ0v) is 29.9. The van der Waals surface area contributed by atoms with E-state index < -0.39 is 17.7 Å². The highest BCUT2D eigenvalue weighted by atomic mass is 16.5. The summed E-state index contributed by atoms with van der Waals surface area (Å²) < 4.78 is 17.7. The molecule has 4 aliphatic rings. The minimum absolute atomic E-state index is 0.0102. The quantitative estimate of drug-likeness (QED) is 0.172. The summed E-state index contributed by atoms with van der Waals surface area (Å²) in [7, 11) is 1.66. The predicted molar refractivity (Wildman–Crippen MR) is 196 cm³/mol. The van der Waals surface area contributed by atoms with E-state index >= 15 is 0 Å². The third kappa shape index (κ3) is 7.23. The molecule has 0 saturated carbocycles. The predicted octanol–water partition coefficient (Wildman–Crippen LogP) is 7.92. The monoisotopic (exact) mass is 678 g/mol. The number of aliphatic hydroxyl groups is 1. The van der Waals surface area contributed by atoms with Gasteiger partial charge in [-0.15, -0.1) is 6.58 Å². The molecule has 8 nitrogen and oxygen atoms in total. The number of hydrogen-bond donors (Lipinski definition) is 2. The zero-order chi connectivity index (χ0) is 35.6. The summed E-state index contributed by atoms with van der Waals surface area (Å²) in [6, 6.07) is 18.1. The molecular weight excluding hydrogens is 628 g/mol. The van der Waals surface area contributed by atoms with Gasteiger partial charge in [0, 0.05) is 29.7 Å². The van der Waals surface area contributed by atoms with Crippen LogP contribution in [0.4, 0.5) is 0 Å². The molecule has 50 heavy (non-hydrogen) atoms. The number of benzene rings is 3. The van der Waals surface area contributed by atoms with Crippen molar-refractivity contribution in [2.45, 2.75) is 84.2 Å². The first-order chi connectivity index (χ1) is 24.0. The van der Waals surface area contributed by atoms with Crippen LogP contribution in [-0.4, -0.2) is 57.9 Å². The number of carboxylic acid groups (broad SMARTS) is 1. The van der Waals surface area contributed by atoms with Gasteiger partial charge < -0.3 is 24.4 Å². The molecule has 6 atom stereocenters. The van der Waals surface area contributed by atoms with Gasteiger partial charge in [-0.1, -0.05) is 36.4 Å². The molecule has 0 aliphatic carbocycles. The number of methoxy groups -OCH3 is 1. The molecule has 3 aromatic carbocycles.